The molecule has 0 saturated carbocycles. The zero-order valence-electron chi connectivity index (χ0n) is 13.0. The topological polar surface area (TPSA) is 83.5 Å². The molecule has 0 fully saturated rings. The molecule has 6 heteroatoms. The number of anilines is 1. The van der Waals surface area contributed by atoms with E-state index in [0.29, 0.717) is 11.6 Å². The van der Waals surface area contributed by atoms with Crippen molar-refractivity contribution in [3.05, 3.63) is 59.7 Å². The van der Waals surface area contributed by atoms with Crippen LogP contribution in [0, 0.1) is 0 Å². The second-order valence-corrected chi connectivity index (χ2v) is 7.05. The molecule has 0 amide bonds. The Hall–Kier alpha value is -2.34. The summed E-state index contributed by atoms with van der Waals surface area (Å²) in [6, 6.07) is 12.3. The molecule has 2 N–H and O–H groups in total. The highest BCUT2D eigenvalue weighted by Crippen LogP contribution is 2.22. The summed E-state index contributed by atoms with van der Waals surface area (Å²) < 4.78 is 27.1. The van der Waals surface area contributed by atoms with Crippen molar-refractivity contribution in [2.45, 2.75) is 31.1 Å². The summed E-state index contributed by atoms with van der Waals surface area (Å²) >= 11 is 0. The summed E-state index contributed by atoms with van der Waals surface area (Å²) in [5.74, 6) is -0.677. The summed E-state index contributed by atoms with van der Waals surface area (Å²) in [5.41, 5.74) is 1.52. The lowest BCUT2D eigenvalue weighted by Crippen LogP contribution is -2.13. The zero-order valence-corrected chi connectivity index (χ0v) is 13.8. The Bertz CT molecular complexity index is 780. The molecule has 5 nitrogen and oxygen atoms in total. The Balaban J connectivity index is 2.19. The fraction of sp³-hybridized carbons (Fsp3) is 0.235. The highest BCUT2D eigenvalue weighted by Gasteiger charge is 2.15. The van der Waals surface area contributed by atoms with Crippen molar-refractivity contribution in [1.29, 1.82) is 0 Å². The predicted molar refractivity (Wildman–Crippen MR) is 89.4 cm³/mol. The van der Waals surface area contributed by atoms with E-state index in [-0.39, 0.29) is 10.5 Å². The third-order valence-corrected chi connectivity index (χ3v) is 5.15. The smallest absolute Gasteiger partial charge is 0.335 e. The predicted octanol–water partition coefficient (Wildman–Crippen LogP) is 3.70. The molecule has 0 unspecified atom stereocenters. The number of rotatable bonds is 6. The highest BCUT2D eigenvalue weighted by molar-refractivity contribution is 7.92. The fourth-order valence-electron chi connectivity index (χ4n) is 2.11. The van der Waals surface area contributed by atoms with Crippen LogP contribution in [0.1, 0.15) is 42.1 Å². The number of carboxylic acids is 1. The average molecular weight is 333 g/mol. The third-order valence-electron chi connectivity index (χ3n) is 3.76. The summed E-state index contributed by atoms with van der Waals surface area (Å²) in [5, 5.41) is 8.84. The van der Waals surface area contributed by atoms with Gasteiger partial charge >= 0.3 is 5.97 Å². The maximum Gasteiger partial charge on any atom is 0.335 e. The van der Waals surface area contributed by atoms with E-state index in [1.807, 2.05) is 12.1 Å². The molecule has 2 aromatic rings. The van der Waals surface area contributed by atoms with Gasteiger partial charge in [0.2, 0.25) is 0 Å². The number of aromatic carboxylic acids is 1. The van der Waals surface area contributed by atoms with Crippen LogP contribution >= 0.6 is 0 Å². The lowest BCUT2D eigenvalue weighted by Gasteiger charge is -2.11. The minimum absolute atomic E-state index is 0.103. The highest BCUT2D eigenvalue weighted by atomic mass is 32.2. The van der Waals surface area contributed by atoms with Gasteiger partial charge in [-0.2, -0.15) is 0 Å². The number of sulfonamides is 1. The van der Waals surface area contributed by atoms with Crippen molar-refractivity contribution in [3.8, 4) is 0 Å². The second kappa shape index (κ2) is 6.83. The van der Waals surface area contributed by atoms with Gasteiger partial charge < -0.3 is 5.11 Å². The summed E-state index contributed by atoms with van der Waals surface area (Å²) in [7, 11) is -3.69. The molecule has 0 spiro atoms. The van der Waals surface area contributed by atoms with Gasteiger partial charge in [0.15, 0.2) is 0 Å². The van der Waals surface area contributed by atoms with Gasteiger partial charge in [0.25, 0.3) is 10.0 Å². The quantitative estimate of drug-likeness (QED) is 0.844. The lowest BCUT2D eigenvalue weighted by atomic mass is 9.99. The molecule has 0 aromatic heterocycles. The van der Waals surface area contributed by atoms with Crippen LogP contribution in [0.25, 0.3) is 0 Å². The van der Waals surface area contributed by atoms with E-state index in [4.69, 9.17) is 5.11 Å². The minimum atomic E-state index is -3.69. The van der Waals surface area contributed by atoms with E-state index in [2.05, 4.69) is 18.6 Å². The van der Waals surface area contributed by atoms with Crippen LogP contribution in [0.4, 0.5) is 5.69 Å². The van der Waals surface area contributed by atoms with Gasteiger partial charge in [-0.1, -0.05) is 26.0 Å². The van der Waals surface area contributed by atoms with Crippen LogP contribution in [-0.2, 0) is 10.0 Å². The van der Waals surface area contributed by atoms with Crippen molar-refractivity contribution in [2.24, 2.45) is 0 Å². The fourth-order valence-corrected chi connectivity index (χ4v) is 3.16. The van der Waals surface area contributed by atoms with Gasteiger partial charge in [0.05, 0.1) is 10.5 Å². The maximum atomic E-state index is 12.3. The van der Waals surface area contributed by atoms with E-state index >= 15 is 0 Å². The number of hydrogen-bond acceptors (Lipinski definition) is 3. The first-order chi connectivity index (χ1) is 10.8. The molecule has 0 aliphatic rings. The van der Waals surface area contributed by atoms with Crippen molar-refractivity contribution in [3.63, 3.8) is 0 Å². The molecule has 0 aliphatic carbocycles. The van der Waals surface area contributed by atoms with Crippen molar-refractivity contribution in [2.75, 3.05) is 4.72 Å². The number of nitrogens with one attached hydrogen (secondary N) is 1. The molecule has 0 aliphatic heterocycles. The van der Waals surface area contributed by atoms with E-state index in [1.54, 1.807) is 12.1 Å². The van der Waals surface area contributed by atoms with Crippen LogP contribution in [0.2, 0.25) is 0 Å². The van der Waals surface area contributed by atoms with Crippen LogP contribution in [0.5, 0.6) is 0 Å². The number of carboxylic acid groups (broad SMARTS) is 1. The van der Waals surface area contributed by atoms with Gasteiger partial charge in [0.1, 0.15) is 0 Å². The van der Waals surface area contributed by atoms with Gasteiger partial charge in [0, 0.05) is 5.69 Å². The Morgan fingerprint density at radius 2 is 1.65 bits per heavy atom. The number of hydrogen-bond donors (Lipinski definition) is 2. The summed E-state index contributed by atoms with van der Waals surface area (Å²) in [6.07, 6.45) is 0.986. The lowest BCUT2D eigenvalue weighted by molar-refractivity contribution is 0.0697. The van der Waals surface area contributed by atoms with E-state index in [1.165, 1.54) is 24.3 Å². The van der Waals surface area contributed by atoms with Crippen LogP contribution in [0.15, 0.2) is 53.4 Å². The second-order valence-electron chi connectivity index (χ2n) is 5.37. The zero-order chi connectivity index (χ0) is 17.0. The monoisotopic (exact) mass is 333 g/mol. The molecule has 1 atom stereocenters. The third kappa shape index (κ3) is 4.10. The Morgan fingerprint density at radius 3 is 2.13 bits per heavy atom. The SMILES string of the molecule is CC[C@H](C)c1ccc(S(=O)(=O)Nc2ccc(C(=O)O)cc2)cc1. The minimum Gasteiger partial charge on any atom is -0.478 e. The van der Waals surface area contributed by atoms with E-state index in [0.717, 1.165) is 12.0 Å². The van der Waals surface area contributed by atoms with Crippen LogP contribution < -0.4 is 4.72 Å². The van der Waals surface area contributed by atoms with Crippen molar-refractivity contribution >= 4 is 21.7 Å². The van der Waals surface area contributed by atoms with Crippen molar-refractivity contribution < 1.29 is 18.3 Å². The van der Waals surface area contributed by atoms with E-state index < -0.39 is 16.0 Å². The van der Waals surface area contributed by atoms with Gasteiger partial charge in [-0.25, -0.2) is 13.2 Å². The normalized spacial score (nSPS) is 12.6. The molecule has 2 aromatic carbocycles. The molecule has 0 saturated heterocycles. The van der Waals surface area contributed by atoms with Crippen molar-refractivity contribution in [1.82, 2.24) is 0 Å². The molecular weight excluding hydrogens is 314 g/mol. The molecule has 23 heavy (non-hydrogen) atoms. The molecule has 0 radical (unpaired) electrons. The van der Waals surface area contributed by atoms with Crippen LogP contribution in [0.3, 0.4) is 0 Å². The molecule has 0 heterocycles. The summed E-state index contributed by atoms with van der Waals surface area (Å²) in [6.45, 7) is 4.17. The Labute approximate surface area is 136 Å². The largest absolute Gasteiger partial charge is 0.478 e. The van der Waals surface area contributed by atoms with Gasteiger partial charge in [-0.3, -0.25) is 4.72 Å². The van der Waals surface area contributed by atoms with E-state index in [9.17, 15) is 13.2 Å². The molecule has 2 rings (SSSR count). The first kappa shape index (κ1) is 17.0. The Kier molecular flexibility index (Phi) is 5.05. The molecule has 0 bridgehead atoms. The van der Waals surface area contributed by atoms with Crippen LogP contribution in [-0.4, -0.2) is 19.5 Å². The average Bonchev–Trinajstić information content (AvgIpc) is 2.54. The molecular formula is C17H19NO4S. The Morgan fingerprint density at radius 1 is 1.09 bits per heavy atom. The summed E-state index contributed by atoms with van der Waals surface area (Å²) in [4.78, 5) is 11.0. The first-order valence-electron chi connectivity index (χ1n) is 7.29. The van der Waals surface area contributed by atoms with Gasteiger partial charge in [-0.05, 0) is 54.3 Å². The number of carbonyl (C=O) groups is 1. The number of benzene rings is 2. The maximum absolute atomic E-state index is 12.3. The van der Waals surface area contributed by atoms with Gasteiger partial charge in [-0.15, -0.1) is 0 Å². The molecule has 122 valence electrons. The first-order valence-corrected chi connectivity index (χ1v) is 8.78. The standard InChI is InChI=1S/C17H19NO4S/c1-3-12(2)13-6-10-16(11-7-13)23(21,22)18-15-8-4-14(5-9-15)17(19)20/h4-12,18H,3H2,1-2H3,(H,19,20)/t12-/m0/s1.